The fraction of sp³-hybridized carbons (Fsp3) is 0.421. The van der Waals surface area contributed by atoms with Crippen molar-refractivity contribution in [1.82, 2.24) is 15.3 Å². The largest absolute Gasteiger partial charge is 0.356 e. The molecule has 1 amide bonds. The summed E-state index contributed by atoms with van der Waals surface area (Å²) in [6.45, 7) is 4.48. The van der Waals surface area contributed by atoms with Crippen LogP contribution in [0.15, 0.2) is 42.6 Å². The summed E-state index contributed by atoms with van der Waals surface area (Å²) in [7, 11) is 0. The molecule has 1 fully saturated rings. The highest BCUT2D eigenvalue weighted by atomic mass is 16.1. The lowest BCUT2D eigenvalue weighted by molar-refractivity contribution is -0.125. The average Bonchev–Trinajstić information content (AvgIpc) is 2.67. The van der Waals surface area contributed by atoms with Crippen molar-refractivity contribution < 1.29 is 4.79 Å². The van der Waals surface area contributed by atoms with Crippen molar-refractivity contribution in [2.75, 3.05) is 24.5 Å². The summed E-state index contributed by atoms with van der Waals surface area (Å²) in [5, 5.41) is 3.01. The second-order valence-electron chi connectivity index (χ2n) is 6.18. The first-order chi connectivity index (χ1) is 11.8. The Morgan fingerprint density at radius 1 is 1.29 bits per heavy atom. The molecule has 1 aliphatic rings. The van der Waals surface area contributed by atoms with Crippen molar-refractivity contribution in [3.05, 3.63) is 42.6 Å². The lowest BCUT2D eigenvalue weighted by Crippen LogP contribution is -2.43. The van der Waals surface area contributed by atoms with Crippen LogP contribution in [-0.2, 0) is 4.79 Å². The molecule has 24 heavy (non-hydrogen) atoms. The monoisotopic (exact) mass is 324 g/mol. The molecule has 0 aliphatic carbocycles. The quantitative estimate of drug-likeness (QED) is 0.919. The number of aromatic nitrogens is 2. The maximum absolute atomic E-state index is 12.3. The van der Waals surface area contributed by atoms with Crippen molar-refractivity contribution >= 4 is 11.7 Å². The zero-order valence-electron chi connectivity index (χ0n) is 14.1. The van der Waals surface area contributed by atoms with Gasteiger partial charge in [-0.05, 0) is 25.3 Å². The van der Waals surface area contributed by atoms with Crippen LogP contribution in [-0.4, -0.2) is 35.5 Å². The third-order valence-electron chi connectivity index (χ3n) is 4.34. The smallest absolute Gasteiger partial charge is 0.224 e. The van der Waals surface area contributed by atoms with Crippen LogP contribution in [0.25, 0.3) is 11.4 Å². The Kier molecular flexibility index (Phi) is 5.41. The molecule has 0 bridgehead atoms. The Bertz CT molecular complexity index is 674. The molecule has 2 heterocycles. The molecule has 1 atom stereocenters. The summed E-state index contributed by atoms with van der Waals surface area (Å²) in [5.74, 6) is 1.84. The van der Waals surface area contributed by atoms with Crippen LogP contribution in [0, 0.1) is 5.92 Å². The van der Waals surface area contributed by atoms with Gasteiger partial charge in [-0.15, -0.1) is 0 Å². The van der Waals surface area contributed by atoms with Crippen molar-refractivity contribution in [3.8, 4) is 11.4 Å². The van der Waals surface area contributed by atoms with Gasteiger partial charge < -0.3 is 10.2 Å². The first-order valence-electron chi connectivity index (χ1n) is 8.69. The number of carbonyl (C=O) groups is 1. The van der Waals surface area contributed by atoms with Crippen molar-refractivity contribution in [1.29, 1.82) is 0 Å². The van der Waals surface area contributed by atoms with Gasteiger partial charge in [0, 0.05) is 31.4 Å². The van der Waals surface area contributed by atoms with Gasteiger partial charge in [0.1, 0.15) is 5.82 Å². The first-order valence-corrected chi connectivity index (χ1v) is 8.69. The van der Waals surface area contributed by atoms with Crippen LogP contribution in [0.2, 0.25) is 0 Å². The molecule has 2 aromatic rings. The Balaban J connectivity index is 1.73. The number of piperidine rings is 1. The van der Waals surface area contributed by atoms with Gasteiger partial charge in [0.25, 0.3) is 0 Å². The standard InChI is InChI=1S/C19H24N4O/c1-2-11-21-19(24)16-9-6-13-23(14-16)17-10-12-20-18(22-17)15-7-4-3-5-8-15/h3-5,7-8,10,12,16H,2,6,9,11,13-14H2,1H3,(H,21,24). The van der Waals surface area contributed by atoms with Crippen molar-refractivity contribution in [2.45, 2.75) is 26.2 Å². The Labute approximate surface area is 143 Å². The third-order valence-corrected chi connectivity index (χ3v) is 4.34. The van der Waals surface area contributed by atoms with E-state index in [2.05, 4.69) is 22.1 Å². The number of hydrogen-bond donors (Lipinski definition) is 1. The van der Waals surface area contributed by atoms with Crippen molar-refractivity contribution in [2.24, 2.45) is 5.92 Å². The minimum atomic E-state index is 0.0421. The van der Waals surface area contributed by atoms with E-state index in [4.69, 9.17) is 4.98 Å². The number of rotatable bonds is 5. The minimum absolute atomic E-state index is 0.0421. The van der Waals surface area contributed by atoms with E-state index in [1.54, 1.807) is 6.20 Å². The first kappa shape index (κ1) is 16.4. The normalized spacial score (nSPS) is 17.5. The summed E-state index contributed by atoms with van der Waals surface area (Å²) in [5.41, 5.74) is 1.01. The molecule has 1 aliphatic heterocycles. The molecule has 126 valence electrons. The molecule has 1 aromatic heterocycles. The molecule has 0 spiro atoms. The van der Waals surface area contributed by atoms with Gasteiger partial charge in [-0.2, -0.15) is 0 Å². The van der Waals surface area contributed by atoms with Gasteiger partial charge >= 0.3 is 0 Å². The number of amides is 1. The van der Waals surface area contributed by atoms with E-state index < -0.39 is 0 Å². The van der Waals surface area contributed by atoms with Crippen LogP contribution in [0.1, 0.15) is 26.2 Å². The molecule has 0 saturated carbocycles. The predicted molar refractivity (Wildman–Crippen MR) is 95.7 cm³/mol. The van der Waals surface area contributed by atoms with Gasteiger partial charge in [0.05, 0.1) is 5.92 Å². The van der Waals surface area contributed by atoms with E-state index in [0.29, 0.717) is 0 Å². The molecular weight excluding hydrogens is 300 g/mol. The van der Waals surface area contributed by atoms with Gasteiger partial charge in [-0.25, -0.2) is 9.97 Å². The average molecular weight is 324 g/mol. The third kappa shape index (κ3) is 3.91. The highest BCUT2D eigenvalue weighted by Gasteiger charge is 2.26. The predicted octanol–water partition coefficient (Wildman–Crippen LogP) is 2.89. The molecule has 1 saturated heterocycles. The van der Waals surface area contributed by atoms with Gasteiger partial charge in [0.15, 0.2) is 5.82 Å². The van der Waals surface area contributed by atoms with Crippen LogP contribution < -0.4 is 10.2 Å². The second kappa shape index (κ2) is 7.90. The number of hydrogen-bond acceptors (Lipinski definition) is 4. The van der Waals surface area contributed by atoms with Gasteiger partial charge in [-0.1, -0.05) is 37.3 Å². The van der Waals surface area contributed by atoms with Crippen LogP contribution in [0.3, 0.4) is 0 Å². The summed E-state index contributed by atoms with van der Waals surface area (Å²) < 4.78 is 0. The van der Waals surface area contributed by atoms with Crippen molar-refractivity contribution in [3.63, 3.8) is 0 Å². The molecule has 1 unspecified atom stereocenters. The number of anilines is 1. The van der Waals surface area contributed by atoms with E-state index in [1.807, 2.05) is 36.4 Å². The summed E-state index contributed by atoms with van der Waals surface area (Å²) in [4.78, 5) is 23.5. The molecule has 0 radical (unpaired) electrons. The van der Waals surface area contributed by atoms with E-state index in [9.17, 15) is 4.79 Å². The van der Waals surface area contributed by atoms with Crippen LogP contribution in [0.5, 0.6) is 0 Å². The highest BCUT2D eigenvalue weighted by molar-refractivity contribution is 5.79. The zero-order chi connectivity index (χ0) is 16.8. The molecular formula is C19H24N4O. The molecule has 1 N–H and O–H groups in total. The maximum atomic E-state index is 12.3. The molecule has 1 aromatic carbocycles. The van der Waals surface area contributed by atoms with Gasteiger partial charge in [0.2, 0.25) is 5.91 Å². The number of benzene rings is 1. The summed E-state index contributed by atoms with van der Waals surface area (Å²) in [6, 6.07) is 11.9. The highest BCUT2D eigenvalue weighted by Crippen LogP contribution is 2.23. The fourth-order valence-corrected chi connectivity index (χ4v) is 3.04. The topological polar surface area (TPSA) is 58.1 Å². The van der Waals surface area contributed by atoms with E-state index >= 15 is 0 Å². The number of nitrogens with zero attached hydrogens (tertiary/aromatic N) is 3. The molecule has 5 nitrogen and oxygen atoms in total. The Morgan fingerprint density at radius 2 is 2.12 bits per heavy atom. The summed E-state index contributed by atoms with van der Waals surface area (Å²) in [6.07, 6.45) is 4.72. The van der Waals surface area contributed by atoms with E-state index in [1.165, 1.54) is 0 Å². The van der Waals surface area contributed by atoms with E-state index in [-0.39, 0.29) is 11.8 Å². The van der Waals surface area contributed by atoms with E-state index in [0.717, 1.165) is 56.1 Å². The summed E-state index contributed by atoms with van der Waals surface area (Å²) >= 11 is 0. The maximum Gasteiger partial charge on any atom is 0.224 e. The second-order valence-corrected chi connectivity index (χ2v) is 6.18. The molecule has 3 rings (SSSR count). The van der Waals surface area contributed by atoms with Crippen LogP contribution in [0.4, 0.5) is 5.82 Å². The van der Waals surface area contributed by atoms with Gasteiger partial charge in [-0.3, -0.25) is 4.79 Å². The number of carbonyl (C=O) groups excluding carboxylic acids is 1. The lowest BCUT2D eigenvalue weighted by Gasteiger charge is -2.33. The lowest BCUT2D eigenvalue weighted by atomic mass is 9.97. The fourth-order valence-electron chi connectivity index (χ4n) is 3.04. The zero-order valence-corrected chi connectivity index (χ0v) is 14.1. The number of nitrogens with one attached hydrogen (secondary N) is 1. The van der Waals surface area contributed by atoms with Crippen LogP contribution >= 0.6 is 0 Å². The Morgan fingerprint density at radius 3 is 2.92 bits per heavy atom. The SMILES string of the molecule is CCCNC(=O)C1CCCN(c2ccnc(-c3ccccc3)n2)C1. The minimum Gasteiger partial charge on any atom is -0.356 e. The Hall–Kier alpha value is -2.43. The molecule has 5 heteroatoms.